The van der Waals surface area contributed by atoms with E-state index in [1.807, 2.05) is 6.07 Å². The molecule has 0 N–H and O–H groups in total. The Bertz CT molecular complexity index is 499. The number of methoxy groups -OCH3 is 1. The third kappa shape index (κ3) is 4.12. The molecular formula is C19H27NO3. The van der Waals surface area contributed by atoms with Crippen LogP contribution < -0.4 is 0 Å². The van der Waals surface area contributed by atoms with Crippen LogP contribution in [0.1, 0.15) is 24.8 Å². The first kappa shape index (κ1) is 16.5. The normalized spacial score (nSPS) is 26.2. The molecule has 0 spiro atoms. The van der Waals surface area contributed by atoms with E-state index in [1.165, 1.54) is 5.56 Å². The van der Waals surface area contributed by atoms with Crippen LogP contribution in [-0.2, 0) is 20.7 Å². The van der Waals surface area contributed by atoms with E-state index in [0.29, 0.717) is 11.8 Å². The quantitative estimate of drug-likeness (QED) is 0.856. The van der Waals surface area contributed by atoms with Gasteiger partial charge in [0.2, 0.25) is 5.91 Å². The molecule has 0 radical (unpaired) electrons. The van der Waals surface area contributed by atoms with Crippen molar-refractivity contribution in [3.8, 4) is 0 Å². The number of benzene rings is 1. The Labute approximate surface area is 138 Å². The van der Waals surface area contributed by atoms with Gasteiger partial charge in [-0.25, -0.2) is 0 Å². The number of rotatable bonds is 4. The van der Waals surface area contributed by atoms with Gasteiger partial charge in [-0.2, -0.15) is 0 Å². The van der Waals surface area contributed by atoms with Crippen LogP contribution in [0.4, 0.5) is 0 Å². The van der Waals surface area contributed by atoms with Crippen LogP contribution in [-0.4, -0.2) is 50.3 Å². The lowest BCUT2D eigenvalue weighted by molar-refractivity contribution is -0.142. The molecule has 1 amide bonds. The predicted octanol–water partition coefficient (Wildman–Crippen LogP) is 2.52. The molecule has 2 saturated heterocycles. The Hall–Kier alpha value is -1.39. The minimum absolute atomic E-state index is 0.153. The van der Waals surface area contributed by atoms with E-state index in [9.17, 15) is 4.79 Å². The van der Waals surface area contributed by atoms with Gasteiger partial charge in [0.05, 0.1) is 6.10 Å². The van der Waals surface area contributed by atoms with Crippen LogP contribution in [0.15, 0.2) is 30.3 Å². The Morgan fingerprint density at radius 1 is 1.22 bits per heavy atom. The van der Waals surface area contributed by atoms with Gasteiger partial charge in [0, 0.05) is 45.2 Å². The lowest BCUT2D eigenvalue weighted by Crippen LogP contribution is -2.49. The van der Waals surface area contributed by atoms with Crippen LogP contribution in [0.25, 0.3) is 0 Å². The molecule has 4 heteroatoms. The first-order valence-corrected chi connectivity index (χ1v) is 8.71. The minimum atomic E-state index is 0.153. The predicted molar refractivity (Wildman–Crippen MR) is 89.2 cm³/mol. The molecule has 2 aliphatic heterocycles. The number of likely N-dealkylation sites (tertiary alicyclic amines) is 1. The smallest absolute Gasteiger partial charge is 0.225 e. The number of nitrogens with zero attached hydrogens (tertiary/aromatic N) is 1. The van der Waals surface area contributed by atoms with Crippen LogP contribution >= 0.6 is 0 Å². The van der Waals surface area contributed by atoms with E-state index < -0.39 is 0 Å². The fraction of sp³-hybridized carbons (Fsp3) is 0.632. The maximum Gasteiger partial charge on any atom is 0.225 e. The summed E-state index contributed by atoms with van der Waals surface area (Å²) in [5, 5.41) is 0. The standard InChI is InChI=1S/C19H27NO3/c1-22-18-7-10-20(19(21)16-8-11-23-12-9-16)14-17(18)13-15-5-3-2-4-6-15/h2-6,16-18H,7-14H2,1H3/t17-,18-/m1/s1. The number of piperidine rings is 1. The molecule has 1 aromatic rings. The molecule has 2 atom stereocenters. The van der Waals surface area contributed by atoms with E-state index in [2.05, 4.69) is 29.2 Å². The van der Waals surface area contributed by atoms with Crippen LogP contribution in [0.5, 0.6) is 0 Å². The van der Waals surface area contributed by atoms with Gasteiger partial charge in [-0.15, -0.1) is 0 Å². The highest BCUT2D eigenvalue weighted by molar-refractivity contribution is 5.79. The van der Waals surface area contributed by atoms with E-state index in [1.54, 1.807) is 7.11 Å². The molecule has 0 unspecified atom stereocenters. The largest absolute Gasteiger partial charge is 0.381 e. The Morgan fingerprint density at radius 3 is 2.65 bits per heavy atom. The van der Waals surface area contributed by atoms with Gasteiger partial charge in [0.15, 0.2) is 0 Å². The zero-order valence-corrected chi connectivity index (χ0v) is 13.9. The molecular weight excluding hydrogens is 290 g/mol. The molecule has 4 nitrogen and oxygen atoms in total. The first-order valence-electron chi connectivity index (χ1n) is 8.71. The van der Waals surface area contributed by atoms with Crippen molar-refractivity contribution in [3.05, 3.63) is 35.9 Å². The molecule has 2 heterocycles. The average Bonchev–Trinajstić information content (AvgIpc) is 2.62. The van der Waals surface area contributed by atoms with Gasteiger partial charge in [0.25, 0.3) is 0 Å². The summed E-state index contributed by atoms with van der Waals surface area (Å²) in [6.07, 6.45) is 3.88. The number of carbonyl (C=O) groups excluding carboxylic acids is 1. The monoisotopic (exact) mass is 317 g/mol. The summed E-state index contributed by atoms with van der Waals surface area (Å²) in [6.45, 7) is 3.07. The Balaban J connectivity index is 1.64. The molecule has 0 aliphatic carbocycles. The second-order valence-electron chi connectivity index (χ2n) is 6.68. The lowest BCUT2D eigenvalue weighted by Gasteiger charge is -2.40. The number of hydrogen-bond acceptors (Lipinski definition) is 3. The van der Waals surface area contributed by atoms with E-state index in [0.717, 1.165) is 52.0 Å². The molecule has 0 bridgehead atoms. The molecule has 126 valence electrons. The summed E-state index contributed by atoms with van der Waals surface area (Å²) in [7, 11) is 1.79. The molecule has 0 saturated carbocycles. The highest BCUT2D eigenvalue weighted by Gasteiger charge is 2.34. The maximum absolute atomic E-state index is 12.8. The summed E-state index contributed by atoms with van der Waals surface area (Å²) in [4.78, 5) is 14.8. The van der Waals surface area contributed by atoms with Gasteiger partial charge in [-0.3, -0.25) is 4.79 Å². The zero-order chi connectivity index (χ0) is 16.1. The van der Waals surface area contributed by atoms with E-state index in [-0.39, 0.29) is 12.0 Å². The third-order valence-corrected chi connectivity index (χ3v) is 5.19. The van der Waals surface area contributed by atoms with Crippen molar-refractivity contribution in [2.24, 2.45) is 11.8 Å². The third-order valence-electron chi connectivity index (χ3n) is 5.19. The number of carbonyl (C=O) groups is 1. The summed E-state index contributed by atoms with van der Waals surface area (Å²) in [5.41, 5.74) is 1.32. The molecule has 2 fully saturated rings. The topological polar surface area (TPSA) is 38.8 Å². The summed E-state index contributed by atoms with van der Waals surface area (Å²) in [6, 6.07) is 10.5. The minimum Gasteiger partial charge on any atom is -0.381 e. The molecule has 1 aromatic carbocycles. The lowest BCUT2D eigenvalue weighted by atomic mass is 9.87. The van der Waals surface area contributed by atoms with Crippen molar-refractivity contribution in [3.63, 3.8) is 0 Å². The van der Waals surface area contributed by atoms with E-state index >= 15 is 0 Å². The highest BCUT2D eigenvalue weighted by Crippen LogP contribution is 2.26. The van der Waals surface area contributed by atoms with Gasteiger partial charge >= 0.3 is 0 Å². The SMILES string of the molecule is CO[C@@H]1CCN(C(=O)C2CCOCC2)C[C@H]1Cc1ccccc1. The Kier molecular flexibility index (Phi) is 5.68. The molecule has 2 aliphatic rings. The van der Waals surface area contributed by atoms with Crippen molar-refractivity contribution in [2.45, 2.75) is 31.8 Å². The van der Waals surface area contributed by atoms with Crippen LogP contribution in [0, 0.1) is 11.8 Å². The molecule has 23 heavy (non-hydrogen) atoms. The summed E-state index contributed by atoms with van der Waals surface area (Å²) in [5.74, 6) is 0.848. The highest BCUT2D eigenvalue weighted by atomic mass is 16.5. The Morgan fingerprint density at radius 2 is 1.96 bits per heavy atom. The van der Waals surface area contributed by atoms with Gasteiger partial charge in [-0.1, -0.05) is 30.3 Å². The van der Waals surface area contributed by atoms with Crippen LogP contribution in [0.2, 0.25) is 0 Å². The number of amides is 1. The van der Waals surface area contributed by atoms with Crippen molar-refractivity contribution in [2.75, 3.05) is 33.4 Å². The number of hydrogen-bond donors (Lipinski definition) is 0. The zero-order valence-electron chi connectivity index (χ0n) is 13.9. The summed E-state index contributed by atoms with van der Waals surface area (Å²) >= 11 is 0. The van der Waals surface area contributed by atoms with Gasteiger partial charge < -0.3 is 14.4 Å². The van der Waals surface area contributed by atoms with Crippen LogP contribution in [0.3, 0.4) is 0 Å². The fourth-order valence-electron chi connectivity index (χ4n) is 3.84. The fourth-order valence-corrected chi connectivity index (χ4v) is 3.84. The summed E-state index contributed by atoms with van der Waals surface area (Å²) < 4.78 is 11.1. The maximum atomic E-state index is 12.8. The second-order valence-corrected chi connectivity index (χ2v) is 6.68. The molecule has 0 aromatic heterocycles. The van der Waals surface area contributed by atoms with E-state index in [4.69, 9.17) is 9.47 Å². The number of ether oxygens (including phenoxy) is 2. The van der Waals surface area contributed by atoms with Crippen molar-refractivity contribution < 1.29 is 14.3 Å². The average molecular weight is 317 g/mol. The van der Waals surface area contributed by atoms with Gasteiger partial charge in [-0.05, 0) is 31.2 Å². The second kappa shape index (κ2) is 7.93. The van der Waals surface area contributed by atoms with Crippen molar-refractivity contribution in [1.82, 2.24) is 4.90 Å². The van der Waals surface area contributed by atoms with Gasteiger partial charge in [0.1, 0.15) is 0 Å². The molecule has 3 rings (SSSR count). The van der Waals surface area contributed by atoms with Crippen molar-refractivity contribution in [1.29, 1.82) is 0 Å². The van der Waals surface area contributed by atoms with Crippen molar-refractivity contribution >= 4 is 5.91 Å². The first-order chi connectivity index (χ1) is 11.3.